The van der Waals surface area contributed by atoms with E-state index in [0.29, 0.717) is 5.75 Å². The van der Waals surface area contributed by atoms with Gasteiger partial charge < -0.3 is 20.9 Å². The third-order valence-corrected chi connectivity index (χ3v) is 8.96. The zero-order chi connectivity index (χ0) is 30.1. The number of rotatable bonds is 16. The molecule has 0 aliphatic heterocycles. The Morgan fingerprint density at radius 1 is 1.10 bits per heavy atom. The highest BCUT2D eigenvalue weighted by atomic mass is 35.5. The van der Waals surface area contributed by atoms with E-state index in [-0.39, 0.29) is 60.7 Å². The lowest BCUT2D eigenvalue weighted by atomic mass is 9.79. The number of hydrogen-bond acceptors (Lipinski definition) is 7. The van der Waals surface area contributed by atoms with Gasteiger partial charge in [-0.2, -0.15) is 4.31 Å². The number of nitrogens with one attached hydrogen (secondary N) is 1. The molecule has 4 N–H and O–H groups in total. The summed E-state index contributed by atoms with van der Waals surface area (Å²) in [6.45, 7) is 7.19. The Kier molecular flexibility index (Phi) is 12.1. The van der Waals surface area contributed by atoms with Gasteiger partial charge in [0.05, 0.1) is 23.9 Å². The third kappa shape index (κ3) is 9.01. The summed E-state index contributed by atoms with van der Waals surface area (Å²) in [6.07, 6.45) is -0.122. The maximum absolute atomic E-state index is 13.9. The van der Waals surface area contributed by atoms with Crippen LogP contribution in [-0.2, 0) is 26.0 Å². The van der Waals surface area contributed by atoms with E-state index < -0.39 is 27.2 Å². The second-order valence-electron chi connectivity index (χ2n) is 11.1. The van der Waals surface area contributed by atoms with Crippen LogP contribution in [0.4, 0.5) is 0 Å². The number of alkyl halides is 1. The molecule has 2 rings (SSSR count). The monoisotopic (exact) mass is 595 g/mol. The van der Waals surface area contributed by atoms with E-state index in [2.05, 4.69) is 5.32 Å². The van der Waals surface area contributed by atoms with Crippen molar-refractivity contribution in [1.82, 2.24) is 9.62 Å². The van der Waals surface area contributed by atoms with Crippen molar-refractivity contribution in [3.05, 3.63) is 60.2 Å². The quantitative estimate of drug-likeness (QED) is 0.200. The molecule has 0 radical (unpaired) electrons. The van der Waals surface area contributed by atoms with Crippen LogP contribution in [0.5, 0.6) is 5.75 Å². The number of Topliss-reactive ketones (excluding diaryl/α,β-unsaturated/α-hetero) is 1. The predicted octanol–water partition coefficient (Wildman–Crippen LogP) is 3.33. The largest absolute Gasteiger partial charge is 0.497 e. The molecule has 0 saturated heterocycles. The zero-order valence-electron chi connectivity index (χ0n) is 23.9. The molecule has 0 bridgehead atoms. The van der Waals surface area contributed by atoms with Crippen molar-refractivity contribution in [1.29, 1.82) is 0 Å². The highest BCUT2D eigenvalue weighted by Crippen LogP contribution is 2.31. The van der Waals surface area contributed by atoms with Crippen molar-refractivity contribution in [3.63, 3.8) is 0 Å². The van der Waals surface area contributed by atoms with Crippen LogP contribution in [0.15, 0.2) is 59.5 Å². The van der Waals surface area contributed by atoms with Gasteiger partial charge in [0.2, 0.25) is 15.9 Å². The Morgan fingerprint density at radius 3 is 2.23 bits per heavy atom. The average Bonchev–Trinajstić information content (AvgIpc) is 2.90. The number of nitrogens with zero attached hydrogens (tertiary/aromatic N) is 1. The minimum Gasteiger partial charge on any atom is -0.497 e. The van der Waals surface area contributed by atoms with Gasteiger partial charge in [-0.25, -0.2) is 8.42 Å². The van der Waals surface area contributed by atoms with E-state index in [4.69, 9.17) is 22.1 Å². The molecule has 0 spiro atoms. The number of carbonyl (C=O) groups excluding carboxylic acids is 2. The molecule has 40 heavy (non-hydrogen) atoms. The zero-order valence-corrected chi connectivity index (χ0v) is 25.5. The molecule has 2 atom stereocenters. The van der Waals surface area contributed by atoms with Crippen molar-refractivity contribution in [2.45, 2.75) is 63.6 Å². The van der Waals surface area contributed by atoms with Gasteiger partial charge in [-0.15, -0.1) is 11.6 Å². The second-order valence-corrected chi connectivity index (χ2v) is 13.2. The molecule has 222 valence electrons. The normalized spacial score (nSPS) is 14.6. The standard InChI is InChI=1S/C29H42ClN3O6S/c1-21(2)20-33(40(37,38)24-13-11-23(39-5)12-14-24)29(36,17-22-9-7-6-8-10-22)15-16-32-26(35)18-28(3,4)27(31)25(34)19-30/h6-14,21,27,36H,15-20,31H2,1-5H3,(H,32,35). The van der Waals surface area contributed by atoms with Crippen LogP contribution in [0.25, 0.3) is 0 Å². The number of benzene rings is 2. The maximum atomic E-state index is 13.9. The Balaban J connectivity index is 2.36. The minimum atomic E-state index is -4.15. The Morgan fingerprint density at radius 2 is 1.70 bits per heavy atom. The molecule has 9 nitrogen and oxygen atoms in total. The summed E-state index contributed by atoms with van der Waals surface area (Å²) >= 11 is 5.63. The number of halogens is 1. The Labute approximate surface area is 243 Å². The van der Waals surface area contributed by atoms with Crippen LogP contribution >= 0.6 is 11.6 Å². The maximum Gasteiger partial charge on any atom is 0.245 e. The van der Waals surface area contributed by atoms with Crippen LogP contribution in [-0.4, -0.2) is 67.4 Å². The van der Waals surface area contributed by atoms with Gasteiger partial charge in [0, 0.05) is 32.4 Å². The number of carbonyl (C=O) groups is 2. The van der Waals surface area contributed by atoms with E-state index in [0.717, 1.165) is 9.87 Å². The third-order valence-electron chi connectivity index (χ3n) is 6.76. The van der Waals surface area contributed by atoms with Crippen molar-refractivity contribution in [2.75, 3.05) is 26.1 Å². The number of ketones is 1. The lowest BCUT2D eigenvalue weighted by molar-refractivity contribution is -0.125. The Hall–Kier alpha value is -2.50. The number of hydrogen-bond donors (Lipinski definition) is 3. The fourth-order valence-electron chi connectivity index (χ4n) is 4.43. The first kappa shape index (κ1) is 33.7. The first-order valence-corrected chi connectivity index (χ1v) is 15.2. The van der Waals surface area contributed by atoms with Crippen LogP contribution in [0.2, 0.25) is 0 Å². The highest BCUT2D eigenvalue weighted by Gasteiger charge is 2.43. The fourth-order valence-corrected chi connectivity index (χ4v) is 6.43. The minimum absolute atomic E-state index is 0.00636. The summed E-state index contributed by atoms with van der Waals surface area (Å²) in [7, 11) is -2.66. The van der Waals surface area contributed by atoms with Crippen LogP contribution in [0, 0.1) is 11.3 Å². The van der Waals surface area contributed by atoms with Gasteiger partial charge >= 0.3 is 0 Å². The van der Waals surface area contributed by atoms with E-state index in [9.17, 15) is 23.1 Å². The molecule has 11 heteroatoms. The van der Waals surface area contributed by atoms with Crippen LogP contribution in [0.3, 0.4) is 0 Å². The number of ether oxygens (including phenoxy) is 1. The molecule has 0 heterocycles. The molecule has 0 saturated carbocycles. The lowest BCUT2D eigenvalue weighted by Crippen LogP contribution is -2.56. The topological polar surface area (TPSA) is 139 Å². The summed E-state index contributed by atoms with van der Waals surface area (Å²) in [6, 6.07) is 14.2. The number of nitrogens with two attached hydrogens (primary N) is 1. The van der Waals surface area contributed by atoms with Crippen molar-refractivity contribution < 1.29 is 27.9 Å². The van der Waals surface area contributed by atoms with Gasteiger partial charge in [-0.05, 0) is 41.2 Å². The fraction of sp³-hybridized carbons (Fsp3) is 0.517. The molecule has 0 fully saturated rings. The molecule has 0 aliphatic rings. The molecule has 2 aromatic rings. The van der Waals surface area contributed by atoms with E-state index in [1.165, 1.54) is 19.2 Å². The summed E-state index contributed by atoms with van der Waals surface area (Å²) in [5.41, 5.74) is 4.04. The SMILES string of the molecule is COc1ccc(S(=O)(=O)N(CC(C)C)C(O)(CCNC(=O)CC(C)(C)C(N)C(=O)CCl)Cc2ccccc2)cc1. The lowest BCUT2D eigenvalue weighted by Gasteiger charge is -2.40. The van der Waals surface area contributed by atoms with Crippen molar-refractivity contribution in [3.8, 4) is 5.75 Å². The number of methoxy groups -OCH3 is 1. The predicted molar refractivity (Wildman–Crippen MR) is 157 cm³/mol. The molecule has 0 aromatic heterocycles. The number of aliphatic hydroxyl groups is 1. The van der Waals surface area contributed by atoms with Gasteiger partial charge in [0.25, 0.3) is 0 Å². The average molecular weight is 596 g/mol. The highest BCUT2D eigenvalue weighted by molar-refractivity contribution is 7.89. The van der Waals surface area contributed by atoms with Crippen LogP contribution < -0.4 is 15.8 Å². The smallest absolute Gasteiger partial charge is 0.245 e. The first-order valence-electron chi connectivity index (χ1n) is 13.2. The molecule has 2 unspecified atom stereocenters. The summed E-state index contributed by atoms with van der Waals surface area (Å²) in [4.78, 5) is 24.8. The van der Waals surface area contributed by atoms with E-state index in [1.807, 2.05) is 44.2 Å². The summed E-state index contributed by atoms with van der Waals surface area (Å²) < 4.78 is 34.2. The van der Waals surface area contributed by atoms with E-state index in [1.54, 1.807) is 26.0 Å². The van der Waals surface area contributed by atoms with Gasteiger partial charge in [0.1, 0.15) is 11.5 Å². The van der Waals surface area contributed by atoms with Gasteiger partial charge in [0.15, 0.2) is 5.78 Å². The van der Waals surface area contributed by atoms with Crippen molar-refractivity contribution in [2.24, 2.45) is 17.1 Å². The number of sulfonamides is 1. The molecular formula is C29H42ClN3O6S. The van der Waals surface area contributed by atoms with Crippen LogP contribution in [0.1, 0.15) is 46.1 Å². The Bertz CT molecular complexity index is 1220. The van der Waals surface area contributed by atoms with Crippen molar-refractivity contribution >= 4 is 33.3 Å². The van der Waals surface area contributed by atoms with E-state index >= 15 is 0 Å². The molecular weight excluding hydrogens is 554 g/mol. The molecule has 0 aliphatic carbocycles. The molecule has 1 amide bonds. The second kappa shape index (κ2) is 14.4. The van der Waals surface area contributed by atoms with Gasteiger partial charge in [-0.1, -0.05) is 58.0 Å². The molecule has 2 aromatic carbocycles. The van der Waals surface area contributed by atoms with Gasteiger partial charge in [-0.3, -0.25) is 9.59 Å². The summed E-state index contributed by atoms with van der Waals surface area (Å²) in [5, 5.41) is 14.9. The summed E-state index contributed by atoms with van der Waals surface area (Å²) in [5.74, 6) is -0.575. The first-order chi connectivity index (χ1) is 18.7. The number of amides is 1.